The zero-order valence-electron chi connectivity index (χ0n) is 14.6. The number of carboxylic acid groups (broad SMARTS) is 1. The number of aryl methyl sites for hydroxylation is 1. The van der Waals surface area contributed by atoms with Gasteiger partial charge in [0.2, 0.25) is 0 Å². The number of hydrogen-bond acceptors (Lipinski definition) is 3. The fourth-order valence-corrected chi connectivity index (χ4v) is 4.35. The molecule has 1 aromatic heterocycles. The van der Waals surface area contributed by atoms with Crippen LogP contribution in [0.1, 0.15) is 44.9 Å². The second-order valence-electron chi connectivity index (χ2n) is 6.89. The number of rotatable bonds is 6. The minimum absolute atomic E-state index is 0.317. The van der Waals surface area contributed by atoms with E-state index in [9.17, 15) is 19.5 Å². The Kier molecular flexibility index (Phi) is 5.65. The first-order chi connectivity index (χ1) is 12.5. The van der Waals surface area contributed by atoms with Crippen LogP contribution >= 0.6 is 15.9 Å². The standard InChI is InChI=1S/C19H23BrN2O4/c20-12-6-7-13-21-15-9-3-2-8-14(15)16(23)22(18(21)26)19(17(24)25)10-4-1-5-11-19/h2-3,8-9H,1,4-7,10-13H2,(H,24,25). The van der Waals surface area contributed by atoms with E-state index in [0.29, 0.717) is 43.1 Å². The molecule has 26 heavy (non-hydrogen) atoms. The van der Waals surface area contributed by atoms with Crippen molar-refractivity contribution in [2.75, 3.05) is 5.33 Å². The molecule has 2 aromatic rings. The zero-order valence-corrected chi connectivity index (χ0v) is 16.2. The van der Waals surface area contributed by atoms with Crippen molar-refractivity contribution in [3.63, 3.8) is 0 Å². The van der Waals surface area contributed by atoms with Crippen LogP contribution in [0.4, 0.5) is 0 Å². The third-order valence-corrected chi connectivity index (χ3v) is 5.88. The molecule has 0 aliphatic heterocycles. The van der Waals surface area contributed by atoms with Crippen LogP contribution in [0.15, 0.2) is 33.9 Å². The Labute approximate surface area is 159 Å². The lowest BCUT2D eigenvalue weighted by atomic mass is 9.81. The predicted octanol–water partition coefficient (Wildman–Crippen LogP) is 3.08. The number of fused-ring (bicyclic) bond motifs is 1. The van der Waals surface area contributed by atoms with Gasteiger partial charge in [0.15, 0.2) is 0 Å². The molecule has 0 radical (unpaired) electrons. The SMILES string of the molecule is O=C(O)C1(n2c(=O)c3ccccc3n(CCCCBr)c2=O)CCCCC1. The number of alkyl halides is 1. The minimum Gasteiger partial charge on any atom is -0.479 e. The van der Waals surface area contributed by atoms with Gasteiger partial charge in [-0.15, -0.1) is 0 Å². The van der Waals surface area contributed by atoms with Crippen LogP contribution in [0.25, 0.3) is 10.9 Å². The van der Waals surface area contributed by atoms with Crippen LogP contribution in [0.3, 0.4) is 0 Å². The summed E-state index contributed by atoms with van der Waals surface area (Å²) in [6.07, 6.45) is 4.63. The lowest BCUT2D eigenvalue weighted by Crippen LogP contribution is -2.56. The summed E-state index contributed by atoms with van der Waals surface area (Å²) in [5, 5.41) is 11.2. The average molecular weight is 423 g/mol. The van der Waals surface area contributed by atoms with E-state index in [1.54, 1.807) is 28.8 Å². The Bertz CT molecular complexity index is 925. The maximum absolute atomic E-state index is 13.3. The summed E-state index contributed by atoms with van der Waals surface area (Å²) in [5.74, 6) is -1.08. The first-order valence-corrected chi connectivity index (χ1v) is 10.2. The van der Waals surface area contributed by atoms with Crippen molar-refractivity contribution in [1.82, 2.24) is 9.13 Å². The van der Waals surface area contributed by atoms with Crippen molar-refractivity contribution in [3.8, 4) is 0 Å². The molecular formula is C19H23BrN2O4. The number of para-hydroxylation sites is 1. The zero-order chi connectivity index (χ0) is 18.7. The van der Waals surface area contributed by atoms with Gasteiger partial charge in [0.25, 0.3) is 5.56 Å². The van der Waals surface area contributed by atoms with Crippen molar-refractivity contribution >= 4 is 32.8 Å². The van der Waals surface area contributed by atoms with E-state index in [2.05, 4.69) is 15.9 Å². The smallest absolute Gasteiger partial charge is 0.332 e. The highest BCUT2D eigenvalue weighted by Gasteiger charge is 2.44. The van der Waals surface area contributed by atoms with Gasteiger partial charge in [0.1, 0.15) is 5.54 Å². The first kappa shape index (κ1) is 18.9. The molecule has 7 heteroatoms. The van der Waals surface area contributed by atoms with E-state index >= 15 is 0 Å². The van der Waals surface area contributed by atoms with Gasteiger partial charge in [-0.05, 0) is 37.8 Å². The fraction of sp³-hybridized carbons (Fsp3) is 0.526. The van der Waals surface area contributed by atoms with Gasteiger partial charge in [-0.1, -0.05) is 47.3 Å². The molecular weight excluding hydrogens is 400 g/mol. The van der Waals surface area contributed by atoms with Gasteiger partial charge in [-0.3, -0.25) is 9.36 Å². The van der Waals surface area contributed by atoms with Crippen LogP contribution < -0.4 is 11.2 Å². The molecule has 0 atom stereocenters. The Morgan fingerprint density at radius 1 is 1.12 bits per heavy atom. The van der Waals surface area contributed by atoms with E-state index in [0.717, 1.165) is 29.2 Å². The third-order valence-electron chi connectivity index (χ3n) is 5.32. The van der Waals surface area contributed by atoms with Crippen molar-refractivity contribution in [2.24, 2.45) is 0 Å². The number of hydrogen-bond donors (Lipinski definition) is 1. The van der Waals surface area contributed by atoms with Crippen molar-refractivity contribution in [2.45, 2.75) is 57.0 Å². The number of aromatic nitrogens is 2. The number of carbonyl (C=O) groups is 1. The summed E-state index contributed by atoms with van der Waals surface area (Å²) in [4.78, 5) is 38.6. The van der Waals surface area contributed by atoms with E-state index in [4.69, 9.17) is 0 Å². The summed E-state index contributed by atoms with van der Waals surface area (Å²) < 4.78 is 2.60. The Morgan fingerprint density at radius 2 is 1.81 bits per heavy atom. The molecule has 1 saturated carbocycles. The van der Waals surface area contributed by atoms with Crippen LogP contribution in [-0.2, 0) is 16.9 Å². The van der Waals surface area contributed by atoms with Crippen LogP contribution in [-0.4, -0.2) is 25.5 Å². The Hall–Kier alpha value is -1.89. The van der Waals surface area contributed by atoms with Crippen LogP contribution in [0.5, 0.6) is 0 Å². The minimum atomic E-state index is -1.44. The highest BCUT2D eigenvalue weighted by Crippen LogP contribution is 2.33. The Balaban J connectivity index is 2.30. The van der Waals surface area contributed by atoms with Gasteiger partial charge in [-0.2, -0.15) is 0 Å². The molecule has 1 aromatic carbocycles. The number of benzene rings is 1. The maximum atomic E-state index is 13.3. The molecule has 0 saturated heterocycles. The largest absolute Gasteiger partial charge is 0.479 e. The molecule has 0 unspecified atom stereocenters. The second-order valence-corrected chi connectivity index (χ2v) is 7.68. The molecule has 140 valence electrons. The summed E-state index contributed by atoms with van der Waals surface area (Å²) >= 11 is 3.39. The molecule has 0 bridgehead atoms. The molecule has 6 nitrogen and oxygen atoms in total. The number of unbranched alkanes of at least 4 members (excludes halogenated alkanes) is 1. The quantitative estimate of drug-likeness (QED) is 0.572. The summed E-state index contributed by atoms with van der Waals surface area (Å²) in [6, 6.07) is 6.97. The average Bonchev–Trinajstić information content (AvgIpc) is 2.65. The fourth-order valence-electron chi connectivity index (χ4n) is 3.95. The highest BCUT2D eigenvalue weighted by atomic mass is 79.9. The van der Waals surface area contributed by atoms with Crippen LogP contribution in [0, 0.1) is 0 Å². The predicted molar refractivity (Wildman–Crippen MR) is 104 cm³/mol. The van der Waals surface area contributed by atoms with Crippen LogP contribution in [0.2, 0.25) is 0 Å². The Morgan fingerprint density at radius 3 is 2.46 bits per heavy atom. The number of aliphatic carboxylic acids is 1. The van der Waals surface area contributed by atoms with Crippen molar-refractivity contribution in [1.29, 1.82) is 0 Å². The van der Waals surface area contributed by atoms with E-state index < -0.39 is 22.8 Å². The number of halogens is 1. The third kappa shape index (κ3) is 3.13. The molecule has 1 heterocycles. The van der Waals surface area contributed by atoms with Gasteiger partial charge in [-0.25, -0.2) is 14.2 Å². The van der Waals surface area contributed by atoms with Gasteiger partial charge in [0.05, 0.1) is 10.9 Å². The molecule has 3 rings (SSSR count). The molecule has 1 fully saturated rings. The molecule has 1 aliphatic rings. The monoisotopic (exact) mass is 422 g/mol. The first-order valence-electron chi connectivity index (χ1n) is 9.07. The second kappa shape index (κ2) is 7.78. The van der Waals surface area contributed by atoms with Gasteiger partial charge >= 0.3 is 11.7 Å². The number of carboxylic acids is 1. The normalized spacial score (nSPS) is 16.7. The molecule has 1 aliphatic carbocycles. The number of nitrogens with zero attached hydrogens (tertiary/aromatic N) is 2. The van der Waals surface area contributed by atoms with E-state index in [-0.39, 0.29) is 0 Å². The lowest BCUT2D eigenvalue weighted by Gasteiger charge is -2.34. The molecule has 0 amide bonds. The summed E-state index contributed by atoms with van der Waals surface area (Å²) in [7, 11) is 0. The van der Waals surface area contributed by atoms with E-state index in [1.165, 1.54) is 0 Å². The van der Waals surface area contributed by atoms with Crippen molar-refractivity contribution in [3.05, 3.63) is 45.1 Å². The topological polar surface area (TPSA) is 81.3 Å². The molecule has 1 N–H and O–H groups in total. The highest BCUT2D eigenvalue weighted by molar-refractivity contribution is 9.09. The van der Waals surface area contributed by atoms with Gasteiger partial charge < -0.3 is 5.11 Å². The van der Waals surface area contributed by atoms with E-state index in [1.807, 2.05) is 0 Å². The van der Waals surface area contributed by atoms with Gasteiger partial charge in [0, 0.05) is 11.9 Å². The maximum Gasteiger partial charge on any atom is 0.332 e. The molecule has 0 spiro atoms. The summed E-state index contributed by atoms with van der Waals surface area (Å²) in [6.45, 7) is 0.459. The van der Waals surface area contributed by atoms with Crippen molar-refractivity contribution < 1.29 is 9.90 Å². The summed E-state index contributed by atoms with van der Waals surface area (Å²) in [5.41, 5.74) is -1.86. The lowest BCUT2D eigenvalue weighted by molar-refractivity contribution is -0.150.